The minimum absolute atomic E-state index is 0.0759. The van der Waals surface area contributed by atoms with Crippen LogP contribution in [0.15, 0.2) is 52.3 Å². The van der Waals surface area contributed by atoms with E-state index in [4.69, 9.17) is 4.74 Å². The third kappa shape index (κ3) is 3.74. The maximum Gasteiger partial charge on any atom is 0.262 e. The van der Waals surface area contributed by atoms with Crippen LogP contribution >= 0.6 is 11.8 Å². The van der Waals surface area contributed by atoms with E-state index < -0.39 is 0 Å². The zero-order valence-corrected chi connectivity index (χ0v) is 15.2. The lowest BCUT2D eigenvalue weighted by molar-refractivity contribution is -0.112. The fraction of sp³-hybridized carbons (Fsp3) is 0.200. The summed E-state index contributed by atoms with van der Waals surface area (Å²) in [6.07, 6.45) is 1.53. The van der Waals surface area contributed by atoms with Crippen LogP contribution in [0.3, 0.4) is 0 Å². The van der Waals surface area contributed by atoms with Gasteiger partial charge in [-0.05, 0) is 30.3 Å². The van der Waals surface area contributed by atoms with Gasteiger partial charge in [0.05, 0.1) is 23.8 Å². The molecule has 5 nitrogen and oxygen atoms in total. The molecular weight excluding hydrogens is 367 g/mol. The molecule has 1 N–H and O–H groups in total. The predicted molar refractivity (Wildman–Crippen MR) is 102 cm³/mol. The highest BCUT2D eigenvalue weighted by Crippen LogP contribution is 2.39. The molecule has 0 aromatic heterocycles. The van der Waals surface area contributed by atoms with Crippen molar-refractivity contribution in [1.29, 1.82) is 0 Å². The van der Waals surface area contributed by atoms with Crippen LogP contribution in [0.2, 0.25) is 0 Å². The van der Waals surface area contributed by atoms with Crippen LogP contribution in [0.25, 0.3) is 6.08 Å². The first-order valence-electron chi connectivity index (χ1n) is 8.58. The topological polar surface area (TPSA) is 58.6 Å². The molecule has 1 saturated heterocycles. The second-order valence-electron chi connectivity index (χ2n) is 6.20. The van der Waals surface area contributed by atoms with Gasteiger partial charge in [0, 0.05) is 29.1 Å². The van der Waals surface area contributed by atoms with Crippen LogP contribution in [0.4, 0.5) is 10.1 Å². The number of carbonyl (C=O) groups excluding carboxylic acids is 2. The first kappa shape index (κ1) is 17.8. The fourth-order valence-electron chi connectivity index (χ4n) is 2.98. The molecule has 138 valence electrons. The molecule has 2 aliphatic rings. The molecule has 0 saturated carbocycles. The number of carbonyl (C=O) groups is 2. The predicted octanol–water partition coefficient (Wildman–Crippen LogP) is 3.38. The number of amides is 2. The van der Waals surface area contributed by atoms with E-state index in [1.165, 1.54) is 23.9 Å². The van der Waals surface area contributed by atoms with Crippen molar-refractivity contribution in [1.82, 2.24) is 4.90 Å². The fourth-order valence-corrected chi connectivity index (χ4v) is 3.90. The van der Waals surface area contributed by atoms with Crippen LogP contribution in [0.1, 0.15) is 15.9 Å². The number of halogens is 1. The van der Waals surface area contributed by atoms with Gasteiger partial charge in [-0.15, -0.1) is 0 Å². The number of thioether (sulfide) groups is 1. The Hall–Kier alpha value is -2.64. The molecule has 0 unspecified atom stereocenters. The summed E-state index contributed by atoms with van der Waals surface area (Å²) in [6.45, 7) is 2.19. The monoisotopic (exact) mass is 384 g/mol. The average Bonchev–Trinajstić information content (AvgIpc) is 2.70. The van der Waals surface area contributed by atoms with Crippen LogP contribution in [0.5, 0.6) is 0 Å². The number of anilines is 1. The molecule has 2 amide bonds. The van der Waals surface area contributed by atoms with Crippen LogP contribution in [0, 0.1) is 5.82 Å². The summed E-state index contributed by atoms with van der Waals surface area (Å²) in [5.41, 5.74) is 1.48. The molecule has 0 aliphatic carbocycles. The minimum Gasteiger partial charge on any atom is -0.378 e. The normalized spacial score (nSPS) is 18.2. The molecule has 7 heteroatoms. The molecule has 2 aliphatic heterocycles. The van der Waals surface area contributed by atoms with E-state index >= 15 is 0 Å². The molecule has 27 heavy (non-hydrogen) atoms. The van der Waals surface area contributed by atoms with Gasteiger partial charge in [-0.2, -0.15) is 0 Å². The van der Waals surface area contributed by atoms with E-state index in [1.54, 1.807) is 35.2 Å². The number of benzene rings is 2. The van der Waals surface area contributed by atoms with Gasteiger partial charge >= 0.3 is 0 Å². The lowest BCUT2D eigenvalue weighted by Gasteiger charge is -2.27. The Morgan fingerprint density at radius 3 is 2.74 bits per heavy atom. The largest absolute Gasteiger partial charge is 0.378 e. The van der Waals surface area contributed by atoms with E-state index in [-0.39, 0.29) is 17.6 Å². The molecule has 0 atom stereocenters. The molecule has 0 radical (unpaired) electrons. The molecule has 2 aromatic rings. The Labute approximate surface area is 160 Å². The van der Waals surface area contributed by atoms with Gasteiger partial charge in [-0.25, -0.2) is 4.39 Å². The van der Waals surface area contributed by atoms with E-state index in [1.807, 2.05) is 6.07 Å². The maximum atomic E-state index is 13.8. The van der Waals surface area contributed by atoms with E-state index in [0.717, 1.165) is 4.90 Å². The van der Waals surface area contributed by atoms with Crippen molar-refractivity contribution in [3.8, 4) is 0 Å². The summed E-state index contributed by atoms with van der Waals surface area (Å²) in [6, 6.07) is 11.6. The van der Waals surface area contributed by atoms with Gasteiger partial charge < -0.3 is 15.0 Å². The van der Waals surface area contributed by atoms with Crippen molar-refractivity contribution in [3.63, 3.8) is 0 Å². The lowest BCUT2D eigenvalue weighted by Crippen LogP contribution is -2.40. The van der Waals surface area contributed by atoms with Crippen molar-refractivity contribution in [2.75, 3.05) is 31.6 Å². The number of ether oxygens (including phenoxy) is 1. The van der Waals surface area contributed by atoms with Crippen molar-refractivity contribution in [2.45, 2.75) is 4.90 Å². The van der Waals surface area contributed by atoms with Crippen molar-refractivity contribution in [3.05, 3.63) is 64.3 Å². The van der Waals surface area contributed by atoms with Crippen molar-refractivity contribution in [2.24, 2.45) is 0 Å². The van der Waals surface area contributed by atoms with E-state index in [9.17, 15) is 14.0 Å². The molecule has 1 fully saturated rings. The van der Waals surface area contributed by atoms with Gasteiger partial charge in [-0.3, -0.25) is 9.59 Å². The Kier molecular flexibility index (Phi) is 4.96. The number of fused-ring (bicyclic) bond motifs is 1. The smallest absolute Gasteiger partial charge is 0.262 e. The second kappa shape index (κ2) is 7.54. The summed E-state index contributed by atoms with van der Waals surface area (Å²) in [7, 11) is 0. The molecule has 0 bridgehead atoms. The number of nitrogens with zero attached hydrogens (tertiary/aromatic N) is 1. The third-order valence-electron chi connectivity index (χ3n) is 4.41. The highest BCUT2D eigenvalue weighted by atomic mass is 32.2. The highest BCUT2D eigenvalue weighted by molar-refractivity contribution is 8.04. The van der Waals surface area contributed by atoms with Crippen LogP contribution in [-0.4, -0.2) is 43.0 Å². The Balaban J connectivity index is 1.58. The molecule has 2 heterocycles. The van der Waals surface area contributed by atoms with Gasteiger partial charge in [0.25, 0.3) is 11.8 Å². The SMILES string of the molecule is O=C1Nc2cc(C(=O)N3CCOCC3)ccc2S/C1=C/c1ccccc1F. The molecular formula is C20H17FN2O3S. The zero-order valence-electron chi connectivity index (χ0n) is 14.4. The Morgan fingerprint density at radius 2 is 1.96 bits per heavy atom. The molecule has 2 aromatic carbocycles. The Morgan fingerprint density at radius 1 is 1.19 bits per heavy atom. The third-order valence-corrected chi connectivity index (χ3v) is 5.51. The zero-order chi connectivity index (χ0) is 18.8. The Bertz CT molecular complexity index is 939. The van der Waals surface area contributed by atoms with Crippen LogP contribution < -0.4 is 5.32 Å². The number of hydrogen-bond donors (Lipinski definition) is 1. The summed E-state index contributed by atoms with van der Waals surface area (Å²) in [5, 5.41) is 2.80. The quantitative estimate of drug-likeness (QED) is 0.807. The minimum atomic E-state index is -0.379. The van der Waals surface area contributed by atoms with E-state index in [2.05, 4.69) is 5.32 Å². The van der Waals surface area contributed by atoms with Crippen molar-refractivity contribution < 1.29 is 18.7 Å². The number of rotatable bonds is 2. The first-order valence-corrected chi connectivity index (χ1v) is 9.40. The van der Waals surface area contributed by atoms with Crippen molar-refractivity contribution >= 4 is 35.3 Å². The summed E-state index contributed by atoms with van der Waals surface area (Å²) in [4.78, 5) is 28.0. The van der Waals surface area contributed by atoms with Gasteiger partial charge in [0.1, 0.15) is 5.82 Å². The standard InChI is InChI=1S/C20H17FN2O3S/c21-15-4-2-1-3-13(15)12-18-19(24)22-16-11-14(5-6-17(16)27-18)20(25)23-7-9-26-10-8-23/h1-6,11-12H,7-10H2,(H,22,24)/b18-12+. The number of morpholine rings is 1. The summed E-state index contributed by atoms with van der Waals surface area (Å²) >= 11 is 1.26. The first-order chi connectivity index (χ1) is 13.1. The van der Waals surface area contributed by atoms with Gasteiger partial charge in [0.2, 0.25) is 0 Å². The lowest BCUT2D eigenvalue weighted by atomic mass is 10.1. The highest BCUT2D eigenvalue weighted by Gasteiger charge is 2.24. The molecule has 0 spiro atoms. The maximum absolute atomic E-state index is 13.8. The average molecular weight is 384 g/mol. The van der Waals surface area contributed by atoms with E-state index in [0.29, 0.717) is 48.0 Å². The second-order valence-corrected chi connectivity index (χ2v) is 7.29. The van der Waals surface area contributed by atoms with Crippen LogP contribution in [-0.2, 0) is 9.53 Å². The number of nitrogens with one attached hydrogen (secondary N) is 1. The summed E-state index contributed by atoms with van der Waals surface area (Å²) < 4.78 is 19.1. The molecule has 4 rings (SSSR count). The number of hydrogen-bond acceptors (Lipinski definition) is 4. The van der Waals surface area contributed by atoms with Gasteiger partial charge in [-0.1, -0.05) is 30.0 Å². The summed E-state index contributed by atoms with van der Waals surface area (Å²) in [5.74, 6) is -0.768. The van der Waals surface area contributed by atoms with Gasteiger partial charge in [0.15, 0.2) is 0 Å².